The first-order valence-electron chi connectivity index (χ1n) is 10.8. The molecule has 0 aliphatic heterocycles. The van der Waals surface area contributed by atoms with Crippen molar-refractivity contribution in [2.45, 2.75) is 52.2 Å². The second kappa shape index (κ2) is 8.92. The lowest BCUT2D eigenvalue weighted by atomic mass is 10.1. The van der Waals surface area contributed by atoms with Crippen LogP contribution in [0.4, 0.5) is 0 Å². The van der Waals surface area contributed by atoms with Gasteiger partial charge in [0.15, 0.2) is 0 Å². The van der Waals surface area contributed by atoms with Crippen molar-refractivity contribution in [1.82, 2.24) is 14.5 Å². The maximum absolute atomic E-state index is 13.2. The summed E-state index contributed by atoms with van der Waals surface area (Å²) in [6.45, 7) is 4.96. The van der Waals surface area contributed by atoms with E-state index in [1.807, 2.05) is 48.2 Å². The fourth-order valence-electron chi connectivity index (χ4n) is 4.08. The van der Waals surface area contributed by atoms with Crippen LogP contribution in [0.5, 0.6) is 5.75 Å². The predicted octanol–water partition coefficient (Wildman–Crippen LogP) is 3.93. The van der Waals surface area contributed by atoms with Gasteiger partial charge < -0.3 is 9.64 Å². The second-order valence-electron chi connectivity index (χ2n) is 8.41. The number of para-hydroxylation sites is 1. The molecule has 6 nitrogen and oxygen atoms in total. The Balaban J connectivity index is 1.50. The highest BCUT2D eigenvalue weighted by molar-refractivity contribution is 5.80. The summed E-state index contributed by atoms with van der Waals surface area (Å²) in [5.41, 5.74) is 2.67. The first-order chi connectivity index (χ1) is 15.0. The van der Waals surface area contributed by atoms with E-state index in [1.165, 1.54) is 12.8 Å². The van der Waals surface area contributed by atoms with Crippen molar-refractivity contribution in [1.29, 1.82) is 0 Å². The number of nitrogens with zero attached hydrogens (tertiary/aromatic N) is 3. The van der Waals surface area contributed by atoms with Crippen molar-refractivity contribution in [2.75, 3.05) is 7.11 Å². The van der Waals surface area contributed by atoms with Gasteiger partial charge in [-0.2, -0.15) is 0 Å². The SMILES string of the molecule is COc1ccc(CN(C(=O)CCn2cnc3c(C)cccc3c2=O)C(C)C2CC2)cc1. The fraction of sp³-hybridized carbons (Fsp3) is 0.400. The molecule has 1 atom stereocenters. The van der Waals surface area contributed by atoms with Crippen LogP contribution in [0.3, 0.4) is 0 Å². The highest BCUT2D eigenvalue weighted by Crippen LogP contribution is 2.36. The Bertz CT molecular complexity index is 1130. The maximum atomic E-state index is 13.2. The molecule has 0 bridgehead atoms. The van der Waals surface area contributed by atoms with Crippen molar-refractivity contribution in [3.63, 3.8) is 0 Å². The topological polar surface area (TPSA) is 64.4 Å². The van der Waals surface area contributed by atoms with Gasteiger partial charge in [0.05, 0.1) is 24.3 Å². The number of ether oxygens (including phenoxy) is 1. The summed E-state index contributed by atoms with van der Waals surface area (Å²) in [7, 11) is 1.64. The Morgan fingerprint density at radius 1 is 1.23 bits per heavy atom. The molecule has 1 aliphatic rings. The van der Waals surface area contributed by atoms with E-state index in [2.05, 4.69) is 11.9 Å². The minimum atomic E-state index is -0.0987. The molecular formula is C25H29N3O3. The Morgan fingerprint density at radius 2 is 1.97 bits per heavy atom. The molecule has 0 N–H and O–H groups in total. The summed E-state index contributed by atoms with van der Waals surface area (Å²) < 4.78 is 6.78. The summed E-state index contributed by atoms with van der Waals surface area (Å²) in [5.74, 6) is 1.43. The molecule has 1 fully saturated rings. The standard InChI is InChI=1S/C25H29N3O3/c1-17-5-4-6-22-24(17)26-16-27(25(22)30)14-13-23(29)28(18(2)20-9-10-20)15-19-7-11-21(31-3)12-8-19/h4-8,11-12,16,18,20H,9-10,13-15H2,1-3H3. The van der Waals surface area contributed by atoms with Crippen LogP contribution in [0.15, 0.2) is 53.6 Å². The van der Waals surface area contributed by atoms with Gasteiger partial charge in [0.2, 0.25) is 5.91 Å². The van der Waals surface area contributed by atoms with Crippen LogP contribution in [0.1, 0.15) is 37.3 Å². The van der Waals surface area contributed by atoms with Gasteiger partial charge >= 0.3 is 0 Å². The second-order valence-corrected chi connectivity index (χ2v) is 8.41. The number of benzene rings is 2. The molecule has 0 radical (unpaired) electrons. The van der Waals surface area contributed by atoms with E-state index in [0.717, 1.165) is 22.4 Å². The zero-order valence-corrected chi connectivity index (χ0v) is 18.4. The molecular weight excluding hydrogens is 390 g/mol. The monoisotopic (exact) mass is 419 g/mol. The molecule has 2 aromatic carbocycles. The molecule has 1 amide bonds. The summed E-state index contributed by atoms with van der Waals surface area (Å²) in [6.07, 6.45) is 4.16. The molecule has 31 heavy (non-hydrogen) atoms. The average Bonchev–Trinajstić information content (AvgIpc) is 3.63. The van der Waals surface area contributed by atoms with Crippen LogP contribution >= 0.6 is 0 Å². The summed E-state index contributed by atoms with van der Waals surface area (Å²) in [6, 6.07) is 13.6. The quantitative estimate of drug-likeness (QED) is 0.555. The summed E-state index contributed by atoms with van der Waals surface area (Å²) in [5, 5.41) is 0.594. The van der Waals surface area contributed by atoms with Gasteiger partial charge in [-0.1, -0.05) is 24.3 Å². The van der Waals surface area contributed by atoms with E-state index in [1.54, 1.807) is 24.1 Å². The summed E-state index contributed by atoms with van der Waals surface area (Å²) >= 11 is 0. The Labute approximate surface area is 182 Å². The number of carbonyl (C=O) groups is 1. The Kier molecular flexibility index (Phi) is 6.07. The number of methoxy groups -OCH3 is 1. The van der Waals surface area contributed by atoms with Crippen LogP contribution in [0.25, 0.3) is 10.9 Å². The van der Waals surface area contributed by atoms with Crippen molar-refractivity contribution >= 4 is 16.8 Å². The minimum absolute atomic E-state index is 0.0615. The molecule has 1 heterocycles. The van der Waals surface area contributed by atoms with Gasteiger partial charge in [-0.25, -0.2) is 4.98 Å². The molecule has 162 valence electrons. The number of hydrogen-bond acceptors (Lipinski definition) is 4. The zero-order valence-electron chi connectivity index (χ0n) is 18.4. The van der Waals surface area contributed by atoms with E-state index < -0.39 is 0 Å². The zero-order chi connectivity index (χ0) is 22.0. The minimum Gasteiger partial charge on any atom is -0.497 e. The third-order valence-corrected chi connectivity index (χ3v) is 6.25. The average molecular weight is 420 g/mol. The Morgan fingerprint density at radius 3 is 2.65 bits per heavy atom. The predicted molar refractivity (Wildman–Crippen MR) is 121 cm³/mol. The molecule has 1 aromatic heterocycles. The Hall–Kier alpha value is -3.15. The molecule has 6 heteroatoms. The molecule has 3 aromatic rings. The van der Waals surface area contributed by atoms with Crippen molar-refractivity contribution < 1.29 is 9.53 Å². The lowest BCUT2D eigenvalue weighted by Crippen LogP contribution is -2.40. The highest BCUT2D eigenvalue weighted by Gasteiger charge is 2.34. The number of carbonyl (C=O) groups excluding carboxylic acids is 1. The van der Waals surface area contributed by atoms with Crippen LogP contribution < -0.4 is 10.3 Å². The molecule has 4 rings (SSSR count). The summed E-state index contributed by atoms with van der Waals surface area (Å²) in [4.78, 5) is 32.5. The lowest BCUT2D eigenvalue weighted by Gasteiger charge is -2.30. The maximum Gasteiger partial charge on any atom is 0.261 e. The third kappa shape index (κ3) is 4.63. The normalized spacial score (nSPS) is 14.4. The van der Waals surface area contributed by atoms with Gasteiger partial charge in [0.1, 0.15) is 5.75 Å². The fourth-order valence-corrected chi connectivity index (χ4v) is 4.08. The molecule has 1 saturated carbocycles. The van der Waals surface area contributed by atoms with Gasteiger partial charge in [-0.3, -0.25) is 14.2 Å². The number of amides is 1. The molecule has 0 saturated heterocycles. The van der Waals surface area contributed by atoms with Crippen molar-refractivity contribution in [3.8, 4) is 5.75 Å². The van der Waals surface area contributed by atoms with Crippen LogP contribution in [0, 0.1) is 12.8 Å². The van der Waals surface area contributed by atoms with E-state index in [4.69, 9.17) is 4.74 Å². The number of rotatable bonds is 8. The van der Waals surface area contributed by atoms with Gasteiger partial charge in [0, 0.05) is 25.6 Å². The molecule has 1 unspecified atom stereocenters. The lowest BCUT2D eigenvalue weighted by molar-refractivity contribution is -0.134. The van der Waals surface area contributed by atoms with Gasteiger partial charge in [-0.15, -0.1) is 0 Å². The van der Waals surface area contributed by atoms with E-state index in [9.17, 15) is 9.59 Å². The smallest absolute Gasteiger partial charge is 0.261 e. The highest BCUT2D eigenvalue weighted by atomic mass is 16.5. The number of fused-ring (bicyclic) bond motifs is 1. The van der Waals surface area contributed by atoms with Crippen molar-refractivity contribution in [2.24, 2.45) is 5.92 Å². The van der Waals surface area contributed by atoms with Gasteiger partial charge in [0.25, 0.3) is 5.56 Å². The van der Waals surface area contributed by atoms with E-state index in [-0.39, 0.29) is 23.9 Å². The van der Waals surface area contributed by atoms with Gasteiger partial charge in [-0.05, 0) is 61.9 Å². The molecule has 1 aliphatic carbocycles. The largest absolute Gasteiger partial charge is 0.497 e. The number of aryl methyl sites for hydroxylation is 2. The number of aromatic nitrogens is 2. The van der Waals surface area contributed by atoms with Crippen molar-refractivity contribution in [3.05, 3.63) is 70.3 Å². The van der Waals surface area contributed by atoms with E-state index >= 15 is 0 Å². The van der Waals surface area contributed by atoms with Crippen LogP contribution in [-0.2, 0) is 17.9 Å². The van der Waals surface area contributed by atoms with Crippen LogP contribution in [-0.4, -0.2) is 33.5 Å². The first-order valence-corrected chi connectivity index (χ1v) is 10.8. The molecule has 0 spiro atoms. The first kappa shape index (κ1) is 21.1. The van der Waals surface area contributed by atoms with Crippen LogP contribution in [0.2, 0.25) is 0 Å². The number of hydrogen-bond donors (Lipinski definition) is 0. The van der Waals surface area contributed by atoms with E-state index in [0.29, 0.717) is 24.4 Å². The third-order valence-electron chi connectivity index (χ3n) is 6.25.